The number of hydrogen-bond donors (Lipinski definition) is 4. The monoisotopic (exact) mass is 310 g/mol. The van der Waals surface area contributed by atoms with Crippen LogP contribution in [0.3, 0.4) is 0 Å². The highest BCUT2D eigenvalue weighted by Crippen LogP contribution is 2.07. The number of nitrogens with one attached hydrogen (secondary N) is 3. The summed E-state index contributed by atoms with van der Waals surface area (Å²) < 4.78 is 12.8. The highest BCUT2D eigenvalue weighted by molar-refractivity contribution is 5.96. The summed E-state index contributed by atoms with van der Waals surface area (Å²) >= 11 is 0. The molecule has 7 nitrogen and oxygen atoms in total. The van der Waals surface area contributed by atoms with Crippen molar-refractivity contribution in [1.29, 1.82) is 0 Å². The van der Waals surface area contributed by atoms with Crippen LogP contribution in [0.5, 0.6) is 0 Å². The lowest BCUT2D eigenvalue weighted by molar-refractivity contribution is -0.124. The van der Waals surface area contributed by atoms with Gasteiger partial charge in [0.15, 0.2) is 0 Å². The molecule has 0 unspecified atom stereocenters. The first-order valence-electron chi connectivity index (χ1n) is 6.76. The first kappa shape index (κ1) is 17.4. The van der Waals surface area contributed by atoms with Gasteiger partial charge in [-0.05, 0) is 30.2 Å². The molecule has 2 atom stereocenters. The fourth-order valence-corrected chi connectivity index (χ4v) is 1.72. The normalized spacial score (nSPS) is 12.9. The van der Waals surface area contributed by atoms with E-state index in [0.717, 1.165) is 12.1 Å². The lowest BCUT2D eigenvalue weighted by Gasteiger charge is -2.22. The van der Waals surface area contributed by atoms with E-state index in [1.165, 1.54) is 12.1 Å². The zero-order chi connectivity index (χ0) is 16.7. The SMILES string of the molecule is CC[C@H](C)[C@H](NC(N)=O)C(=O)NNC(=O)c1ccc(F)cc1. The number of amides is 4. The van der Waals surface area contributed by atoms with E-state index in [1.54, 1.807) is 6.92 Å². The molecule has 22 heavy (non-hydrogen) atoms. The average Bonchev–Trinajstić information content (AvgIpc) is 2.49. The topological polar surface area (TPSA) is 113 Å². The molecule has 120 valence electrons. The maximum absolute atomic E-state index is 12.8. The minimum Gasteiger partial charge on any atom is -0.352 e. The molecular formula is C14H19FN4O3. The molecule has 0 aliphatic carbocycles. The van der Waals surface area contributed by atoms with E-state index in [9.17, 15) is 18.8 Å². The van der Waals surface area contributed by atoms with Gasteiger partial charge in [0, 0.05) is 5.56 Å². The van der Waals surface area contributed by atoms with Gasteiger partial charge in [0.25, 0.3) is 11.8 Å². The summed E-state index contributed by atoms with van der Waals surface area (Å²) in [6.45, 7) is 3.62. The standard InChI is InChI=1S/C14H19FN4O3/c1-3-8(2)11(17-14(16)22)13(21)19-18-12(20)9-4-6-10(15)7-5-9/h4-8,11H,3H2,1-2H3,(H,18,20)(H,19,21)(H3,16,17,22)/t8-,11-/m0/s1. The van der Waals surface area contributed by atoms with Crippen molar-refractivity contribution in [3.63, 3.8) is 0 Å². The van der Waals surface area contributed by atoms with Gasteiger partial charge in [0.05, 0.1) is 0 Å². The minimum atomic E-state index is -0.865. The van der Waals surface area contributed by atoms with Gasteiger partial charge in [-0.3, -0.25) is 20.4 Å². The van der Waals surface area contributed by atoms with E-state index in [-0.39, 0.29) is 11.5 Å². The number of carbonyl (C=O) groups excluding carboxylic acids is 3. The van der Waals surface area contributed by atoms with Crippen molar-refractivity contribution in [3.05, 3.63) is 35.6 Å². The summed E-state index contributed by atoms with van der Waals surface area (Å²) in [6, 6.07) is 3.14. The van der Waals surface area contributed by atoms with Crippen molar-refractivity contribution in [2.75, 3.05) is 0 Å². The molecule has 1 rings (SSSR count). The predicted molar refractivity (Wildman–Crippen MR) is 78.0 cm³/mol. The second-order valence-corrected chi connectivity index (χ2v) is 4.82. The molecule has 5 N–H and O–H groups in total. The number of carbonyl (C=O) groups is 3. The summed E-state index contributed by atoms with van der Waals surface area (Å²) in [5.74, 6) is -1.84. The summed E-state index contributed by atoms with van der Waals surface area (Å²) in [5, 5.41) is 2.33. The summed E-state index contributed by atoms with van der Waals surface area (Å²) in [7, 11) is 0. The smallest absolute Gasteiger partial charge is 0.312 e. The molecule has 0 aliphatic rings. The molecule has 0 saturated carbocycles. The van der Waals surface area contributed by atoms with Crippen LogP contribution in [0.1, 0.15) is 30.6 Å². The first-order chi connectivity index (χ1) is 10.3. The zero-order valence-electron chi connectivity index (χ0n) is 12.4. The lowest BCUT2D eigenvalue weighted by Crippen LogP contribution is -2.55. The average molecular weight is 310 g/mol. The Bertz CT molecular complexity index is 548. The van der Waals surface area contributed by atoms with E-state index in [4.69, 9.17) is 5.73 Å². The van der Waals surface area contributed by atoms with Gasteiger partial charge >= 0.3 is 6.03 Å². The third-order valence-corrected chi connectivity index (χ3v) is 3.20. The Morgan fingerprint density at radius 1 is 1.18 bits per heavy atom. The molecule has 0 bridgehead atoms. The number of hydrogen-bond acceptors (Lipinski definition) is 3. The molecule has 0 saturated heterocycles. The Labute approximate surface area is 127 Å². The molecule has 1 aromatic rings. The zero-order valence-corrected chi connectivity index (χ0v) is 12.4. The number of hydrazine groups is 1. The van der Waals surface area contributed by atoms with Crippen molar-refractivity contribution in [2.45, 2.75) is 26.3 Å². The molecular weight excluding hydrogens is 291 g/mol. The van der Waals surface area contributed by atoms with E-state index >= 15 is 0 Å². The second kappa shape index (κ2) is 7.96. The van der Waals surface area contributed by atoms with Gasteiger partial charge in [-0.2, -0.15) is 0 Å². The van der Waals surface area contributed by atoms with Crippen LogP contribution in [0.25, 0.3) is 0 Å². The van der Waals surface area contributed by atoms with Gasteiger partial charge in [0.2, 0.25) is 0 Å². The number of rotatable bonds is 5. The first-order valence-corrected chi connectivity index (χ1v) is 6.76. The molecule has 4 amide bonds. The molecule has 0 fully saturated rings. The summed E-state index contributed by atoms with van der Waals surface area (Å²) in [4.78, 5) is 34.7. The van der Waals surface area contributed by atoms with Crippen LogP contribution in [0.15, 0.2) is 24.3 Å². The van der Waals surface area contributed by atoms with E-state index in [1.807, 2.05) is 6.92 Å². The Balaban J connectivity index is 2.63. The van der Waals surface area contributed by atoms with Crippen LogP contribution >= 0.6 is 0 Å². The largest absolute Gasteiger partial charge is 0.352 e. The molecule has 0 spiro atoms. The van der Waals surface area contributed by atoms with Crippen molar-refractivity contribution in [1.82, 2.24) is 16.2 Å². The van der Waals surface area contributed by atoms with E-state index in [0.29, 0.717) is 6.42 Å². The van der Waals surface area contributed by atoms with Gasteiger partial charge in [-0.15, -0.1) is 0 Å². The Morgan fingerprint density at radius 3 is 2.27 bits per heavy atom. The predicted octanol–water partition coefficient (Wildman–Crippen LogP) is 0.670. The summed E-state index contributed by atoms with van der Waals surface area (Å²) in [5.41, 5.74) is 9.63. The lowest BCUT2D eigenvalue weighted by atomic mass is 9.99. The molecule has 0 heterocycles. The van der Waals surface area contributed by atoms with Crippen LogP contribution < -0.4 is 21.9 Å². The molecule has 1 aromatic carbocycles. The van der Waals surface area contributed by atoms with Crippen LogP contribution in [0.2, 0.25) is 0 Å². The fraction of sp³-hybridized carbons (Fsp3) is 0.357. The van der Waals surface area contributed by atoms with E-state index in [2.05, 4.69) is 16.2 Å². The van der Waals surface area contributed by atoms with Crippen molar-refractivity contribution < 1.29 is 18.8 Å². The quantitative estimate of drug-likeness (QED) is 0.599. The molecule has 0 aromatic heterocycles. The summed E-state index contributed by atoms with van der Waals surface area (Å²) in [6.07, 6.45) is 0.629. The fourth-order valence-electron chi connectivity index (χ4n) is 1.72. The van der Waals surface area contributed by atoms with Crippen LogP contribution in [-0.2, 0) is 4.79 Å². The number of urea groups is 1. The molecule has 0 radical (unpaired) electrons. The van der Waals surface area contributed by atoms with Crippen LogP contribution in [-0.4, -0.2) is 23.9 Å². The van der Waals surface area contributed by atoms with Crippen molar-refractivity contribution in [3.8, 4) is 0 Å². The highest BCUT2D eigenvalue weighted by atomic mass is 19.1. The Hall–Kier alpha value is -2.64. The van der Waals surface area contributed by atoms with Gasteiger partial charge in [-0.25, -0.2) is 9.18 Å². The highest BCUT2D eigenvalue weighted by Gasteiger charge is 2.25. The van der Waals surface area contributed by atoms with Gasteiger partial charge in [-0.1, -0.05) is 20.3 Å². The number of halogens is 1. The van der Waals surface area contributed by atoms with E-state index < -0.39 is 29.7 Å². The molecule has 0 aliphatic heterocycles. The minimum absolute atomic E-state index is 0.171. The van der Waals surface area contributed by atoms with Crippen LogP contribution in [0.4, 0.5) is 9.18 Å². The Kier molecular flexibility index (Phi) is 6.30. The third kappa shape index (κ3) is 5.04. The molecule has 8 heteroatoms. The van der Waals surface area contributed by atoms with Crippen LogP contribution in [0, 0.1) is 11.7 Å². The van der Waals surface area contributed by atoms with Gasteiger partial charge in [0.1, 0.15) is 11.9 Å². The van der Waals surface area contributed by atoms with Gasteiger partial charge < -0.3 is 11.1 Å². The van der Waals surface area contributed by atoms with Crippen molar-refractivity contribution >= 4 is 17.8 Å². The Morgan fingerprint density at radius 2 is 1.77 bits per heavy atom. The number of benzene rings is 1. The number of primary amides is 1. The number of nitrogens with two attached hydrogens (primary N) is 1. The maximum Gasteiger partial charge on any atom is 0.312 e. The maximum atomic E-state index is 12.8. The second-order valence-electron chi connectivity index (χ2n) is 4.82. The van der Waals surface area contributed by atoms with Crippen molar-refractivity contribution in [2.24, 2.45) is 11.7 Å². The third-order valence-electron chi connectivity index (χ3n) is 3.20.